The van der Waals surface area contributed by atoms with Crippen molar-refractivity contribution in [3.8, 4) is 0 Å². The fourth-order valence-electron chi connectivity index (χ4n) is 9.71. The molecule has 0 aromatic heterocycles. The minimum atomic E-state index is -0.781. The van der Waals surface area contributed by atoms with Gasteiger partial charge in [0.25, 0.3) is 0 Å². The largest absolute Gasteiger partial charge is 0.462 e. The van der Waals surface area contributed by atoms with Gasteiger partial charge in [0.15, 0.2) is 6.10 Å². The first-order valence-electron chi connectivity index (χ1n) is 34.2. The van der Waals surface area contributed by atoms with Gasteiger partial charge in [0.05, 0.1) is 0 Å². The second kappa shape index (κ2) is 67.8. The van der Waals surface area contributed by atoms with Gasteiger partial charge in [0.2, 0.25) is 0 Å². The predicted molar refractivity (Wildman–Crippen MR) is 348 cm³/mol. The maximum Gasteiger partial charge on any atom is 0.306 e. The molecule has 1 unspecified atom stereocenters. The molecule has 0 fully saturated rings. The Morgan fingerprint density at radius 2 is 0.487 bits per heavy atom. The van der Waals surface area contributed by atoms with Crippen LogP contribution in [0.5, 0.6) is 0 Å². The Balaban J connectivity index is 4.22. The van der Waals surface area contributed by atoms with Crippen LogP contribution < -0.4 is 0 Å². The molecule has 1 atom stereocenters. The van der Waals surface area contributed by atoms with Crippen molar-refractivity contribution in [2.45, 2.75) is 341 Å². The molecule has 0 radical (unpaired) electrons. The number of unbranched alkanes of at least 4 members (excludes halogenated alkanes) is 35. The van der Waals surface area contributed by atoms with E-state index in [1.807, 2.05) is 0 Å². The minimum Gasteiger partial charge on any atom is -0.462 e. The van der Waals surface area contributed by atoms with Crippen molar-refractivity contribution < 1.29 is 28.6 Å². The van der Waals surface area contributed by atoms with E-state index in [1.165, 1.54) is 180 Å². The zero-order chi connectivity index (χ0) is 57.8. The van der Waals surface area contributed by atoms with E-state index >= 15 is 0 Å². The van der Waals surface area contributed by atoms with Crippen LogP contribution in [0.15, 0.2) is 97.2 Å². The molecule has 0 spiro atoms. The summed E-state index contributed by atoms with van der Waals surface area (Å²) in [6.45, 7) is 6.55. The van der Waals surface area contributed by atoms with E-state index < -0.39 is 6.10 Å². The van der Waals surface area contributed by atoms with Crippen molar-refractivity contribution in [3.05, 3.63) is 97.2 Å². The Hall–Kier alpha value is -3.67. The lowest BCUT2D eigenvalue weighted by molar-refractivity contribution is -0.167. The van der Waals surface area contributed by atoms with Gasteiger partial charge in [-0.1, -0.05) is 311 Å². The molecule has 6 heteroatoms. The van der Waals surface area contributed by atoms with Gasteiger partial charge in [0, 0.05) is 19.3 Å². The highest BCUT2D eigenvalue weighted by atomic mass is 16.6. The Labute approximate surface area is 496 Å². The molecule has 460 valence electrons. The summed E-state index contributed by atoms with van der Waals surface area (Å²) in [5.74, 6) is -0.874. The van der Waals surface area contributed by atoms with E-state index in [4.69, 9.17) is 14.2 Å². The summed E-state index contributed by atoms with van der Waals surface area (Å²) in [7, 11) is 0. The van der Waals surface area contributed by atoms with Crippen LogP contribution in [0.2, 0.25) is 0 Å². The van der Waals surface area contributed by atoms with E-state index in [1.54, 1.807) is 0 Å². The van der Waals surface area contributed by atoms with E-state index in [9.17, 15) is 14.4 Å². The SMILES string of the molecule is CC/C=C\C/C=C\C/C=C\C/C=C\C/C=C\C/C=C\C/C=C\CCCCCCCCCCCCCC(=O)OCC(COC(=O)CCCCCCCCCCCCCCC)OC(=O)CCCCCCC/C=C\CCCCCCCCC. The summed E-state index contributed by atoms with van der Waals surface area (Å²) in [6.07, 6.45) is 91.4. The van der Waals surface area contributed by atoms with Crippen molar-refractivity contribution >= 4 is 17.9 Å². The lowest BCUT2D eigenvalue weighted by Gasteiger charge is -2.18. The zero-order valence-corrected chi connectivity index (χ0v) is 52.8. The Morgan fingerprint density at radius 3 is 0.775 bits per heavy atom. The third-order valence-electron chi connectivity index (χ3n) is 14.8. The van der Waals surface area contributed by atoms with Gasteiger partial charge >= 0.3 is 17.9 Å². The quantitative estimate of drug-likeness (QED) is 0.0261. The van der Waals surface area contributed by atoms with E-state index in [0.29, 0.717) is 19.3 Å². The molecule has 0 aliphatic rings. The van der Waals surface area contributed by atoms with Crippen LogP contribution >= 0.6 is 0 Å². The molecule has 0 saturated heterocycles. The van der Waals surface area contributed by atoms with Gasteiger partial charge in [-0.15, -0.1) is 0 Å². The number of rotatable bonds is 62. The summed E-state index contributed by atoms with van der Waals surface area (Å²) in [4.78, 5) is 38.3. The summed E-state index contributed by atoms with van der Waals surface area (Å²) in [6, 6.07) is 0. The molecule has 6 nitrogen and oxygen atoms in total. The summed E-state index contributed by atoms with van der Waals surface area (Å²) < 4.78 is 16.9. The van der Waals surface area contributed by atoms with Crippen molar-refractivity contribution in [2.75, 3.05) is 13.2 Å². The zero-order valence-electron chi connectivity index (χ0n) is 52.8. The third-order valence-corrected chi connectivity index (χ3v) is 14.8. The highest BCUT2D eigenvalue weighted by molar-refractivity contribution is 5.71. The number of hydrogen-bond donors (Lipinski definition) is 0. The van der Waals surface area contributed by atoms with Crippen LogP contribution in [0.4, 0.5) is 0 Å². The summed E-state index contributed by atoms with van der Waals surface area (Å²) in [5, 5.41) is 0. The molecule has 0 rings (SSSR count). The average Bonchev–Trinajstić information content (AvgIpc) is 3.46. The summed E-state index contributed by atoms with van der Waals surface area (Å²) >= 11 is 0. The number of allylic oxidation sites excluding steroid dienone is 16. The van der Waals surface area contributed by atoms with Crippen LogP contribution in [0.1, 0.15) is 335 Å². The maximum absolute atomic E-state index is 12.9. The van der Waals surface area contributed by atoms with Crippen LogP contribution in [-0.2, 0) is 28.6 Å². The monoisotopic (exact) mass is 1110 g/mol. The van der Waals surface area contributed by atoms with Crippen molar-refractivity contribution in [2.24, 2.45) is 0 Å². The Kier molecular flexibility index (Phi) is 64.7. The van der Waals surface area contributed by atoms with Crippen LogP contribution in [0.3, 0.4) is 0 Å². The van der Waals surface area contributed by atoms with Gasteiger partial charge in [-0.3, -0.25) is 14.4 Å². The first-order chi connectivity index (χ1) is 39.5. The minimum absolute atomic E-state index is 0.0770. The van der Waals surface area contributed by atoms with Crippen molar-refractivity contribution in [3.63, 3.8) is 0 Å². The lowest BCUT2D eigenvalue weighted by atomic mass is 10.0. The van der Waals surface area contributed by atoms with E-state index in [2.05, 4.69) is 118 Å². The highest BCUT2D eigenvalue weighted by Gasteiger charge is 2.19. The van der Waals surface area contributed by atoms with Gasteiger partial charge in [-0.05, 0) is 103 Å². The maximum atomic E-state index is 12.9. The molecule has 0 N–H and O–H groups in total. The van der Waals surface area contributed by atoms with Crippen molar-refractivity contribution in [1.29, 1.82) is 0 Å². The van der Waals surface area contributed by atoms with Crippen LogP contribution in [0, 0.1) is 0 Å². The molecule has 80 heavy (non-hydrogen) atoms. The van der Waals surface area contributed by atoms with Gasteiger partial charge in [0.1, 0.15) is 13.2 Å². The topological polar surface area (TPSA) is 78.9 Å². The molecule has 0 bridgehead atoms. The molecular weight excluding hydrogens is 985 g/mol. The normalized spacial score (nSPS) is 12.7. The molecule has 0 aliphatic carbocycles. The molecule has 0 aromatic rings. The number of ether oxygens (including phenoxy) is 3. The number of hydrogen-bond acceptors (Lipinski definition) is 6. The number of carbonyl (C=O) groups excluding carboxylic acids is 3. The first-order valence-corrected chi connectivity index (χ1v) is 34.2. The first kappa shape index (κ1) is 76.3. The molecular formula is C74H128O6. The van der Waals surface area contributed by atoms with E-state index in [0.717, 1.165) is 116 Å². The number of esters is 3. The second-order valence-electron chi connectivity index (χ2n) is 22.7. The van der Waals surface area contributed by atoms with Gasteiger partial charge < -0.3 is 14.2 Å². The number of carbonyl (C=O) groups is 3. The fraction of sp³-hybridized carbons (Fsp3) is 0.743. The molecule has 0 aliphatic heterocycles. The Morgan fingerprint density at radius 1 is 0.263 bits per heavy atom. The van der Waals surface area contributed by atoms with Crippen LogP contribution in [-0.4, -0.2) is 37.2 Å². The lowest BCUT2D eigenvalue weighted by Crippen LogP contribution is -2.30. The molecule has 0 aromatic carbocycles. The smallest absolute Gasteiger partial charge is 0.306 e. The van der Waals surface area contributed by atoms with Gasteiger partial charge in [-0.2, -0.15) is 0 Å². The average molecular weight is 1110 g/mol. The second-order valence-corrected chi connectivity index (χ2v) is 22.7. The van der Waals surface area contributed by atoms with Gasteiger partial charge in [-0.25, -0.2) is 0 Å². The third kappa shape index (κ3) is 65.1. The molecule has 0 amide bonds. The molecule has 0 heterocycles. The summed E-state index contributed by atoms with van der Waals surface area (Å²) in [5.41, 5.74) is 0. The van der Waals surface area contributed by atoms with Crippen molar-refractivity contribution in [1.82, 2.24) is 0 Å². The predicted octanol–water partition coefficient (Wildman–Crippen LogP) is 23.6. The fourth-order valence-corrected chi connectivity index (χ4v) is 9.71. The standard InChI is InChI=1S/C74H128O6/c1-4-7-10-13-16-19-22-25-27-29-30-31-32-33-34-35-36-37-38-39-40-41-42-43-44-45-47-49-52-55-58-61-64-67-73(76)79-70-71(69-78-72(75)66-63-60-57-54-51-48-24-21-18-15-12-9-6-3)80-74(77)68-65-62-59-56-53-50-46-28-26-23-20-17-14-11-8-5-2/h7,10,16,19,25,27-28,30-31,33-34,36-37,39-40,46,71H,4-6,8-9,11-15,17-18,20-24,26,29,32,35,38,41-45,47-70H2,1-3H3/b10-7-,19-16-,27-25-,31-30-,34-33-,37-36-,40-39-,46-28-. The highest BCUT2D eigenvalue weighted by Crippen LogP contribution is 2.17. The molecule has 0 saturated carbocycles. The van der Waals surface area contributed by atoms with E-state index in [-0.39, 0.29) is 31.1 Å². The van der Waals surface area contributed by atoms with Crippen LogP contribution in [0.25, 0.3) is 0 Å². The Bertz CT molecular complexity index is 1560.